The molecule has 0 spiro atoms. The zero-order valence-corrected chi connectivity index (χ0v) is 23.1. The van der Waals surface area contributed by atoms with E-state index in [1.165, 1.54) is 64.7 Å². The van der Waals surface area contributed by atoms with Crippen LogP contribution < -0.4 is 0 Å². The van der Waals surface area contributed by atoms with Gasteiger partial charge in [0.05, 0.1) is 11.6 Å². The van der Waals surface area contributed by atoms with E-state index in [-0.39, 0.29) is 0 Å². The Morgan fingerprint density at radius 3 is 2.38 bits per heavy atom. The summed E-state index contributed by atoms with van der Waals surface area (Å²) in [6.07, 6.45) is 3.12. The molecule has 188 valence electrons. The van der Waals surface area contributed by atoms with Gasteiger partial charge in [-0.2, -0.15) is 5.26 Å². The van der Waals surface area contributed by atoms with Gasteiger partial charge in [-0.1, -0.05) is 99.1 Å². The summed E-state index contributed by atoms with van der Waals surface area (Å²) in [5, 5.41) is 12.3. The normalized spacial score (nSPS) is 12.8. The molecule has 39 heavy (non-hydrogen) atoms. The summed E-state index contributed by atoms with van der Waals surface area (Å²) in [6.45, 7) is 4.51. The van der Waals surface area contributed by atoms with Crippen LogP contribution in [-0.2, 0) is 12.8 Å². The van der Waals surface area contributed by atoms with Crippen LogP contribution in [0.1, 0.15) is 42.5 Å². The van der Waals surface area contributed by atoms with Crippen molar-refractivity contribution >= 4 is 31.5 Å². The van der Waals surface area contributed by atoms with Gasteiger partial charge in [-0.25, -0.2) is 0 Å². The van der Waals surface area contributed by atoms with Gasteiger partial charge in [0, 0.05) is 20.2 Å². The second-order valence-corrected chi connectivity index (χ2v) is 12.0. The molecule has 1 nitrogen and oxygen atoms in total. The number of rotatable bonds is 5. The topological polar surface area (TPSA) is 23.8 Å². The number of nitriles is 1. The number of fused-ring (bicyclic) bond motifs is 6. The van der Waals surface area contributed by atoms with Gasteiger partial charge >= 0.3 is 0 Å². The van der Waals surface area contributed by atoms with E-state index in [9.17, 15) is 5.26 Å². The molecule has 5 aromatic carbocycles. The molecule has 1 unspecified atom stereocenters. The van der Waals surface area contributed by atoms with Gasteiger partial charge in [0.25, 0.3) is 0 Å². The predicted octanol–water partition coefficient (Wildman–Crippen LogP) is 10.4. The summed E-state index contributed by atoms with van der Waals surface area (Å²) >= 11 is 1.88. The second-order valence-electron chi connectivity index (χ2n) is 10.9. The van der Waals surface area contributed by atoms with Crippen molar-refractivity contribution in [1.82, 2.24) is 0 Å². The Morgan fingerprint density at radius 1 is 0.769 bits per heavy atom. The third kappa shape index (κ3) is 4.06. The molecular formula is C37H29NS. The molecule has 7 rings (SSSR count). The number of hydrogen-bond acceptors (Lipinski definition) is 2. The monoisotopic (exact) mass is 519 g/mol. The van der Waals surface area contributed by atoms with Crippen molar-refractivity contribution in [3.63, 3.8) is 0 Å². The van der Waals surface area contributed by atoms with Crippen molar-refractivity contribution < 1.29 is 0 Å². The molecule has 1 aliphatic rings. The maximum atomic E-state index is 9.71. The summed E-state index contributed by atoms with van der Waals surface area (Å²) in [5.74, 6) is 0.600. The lowest BCUT2D eigenvalue weighted by atomic mass is 9.93. The Labute approximate surface area is 234 Å². The summed E-state index contributed by atoms with van der Waals surface area (Å²) in [4.78, 5) is 0. The standard InChI is InChI=1S/C37H29NS/c1-3-23(2)16-24-17-25(22-38)19-28(18-24)26-14-15-32-34-13-7-12-33(37(34)39-36(32)21-26)31-11-6-10-30-29-9-5-4-8-27(29)20-35(30)31/h4-15,17-19,21,23H,3,16,20H2,1-2H3. The van der Waals surface area contributed by atoms with E-state index in [4.69, 9.17) is 0 Å². The summed E-state index contributed by atoms with van der Waals surface area (Å²) in [6, 6.07) is 37.9. The molecule has 6 aromatic rings. The van der Waals surface area contributed by atoms with E-state index in [1.54, 1.807) is 0 Å². The molecule has 1 aliphatic carbocycles. The van der Waals surface area contributed by atoms with Gasteiger partial charge in [0.15, 0.2) is 0 Å². The van der Waals surface area contributed by atoms with Crippen LogP contribution in [0.2, 0.25) is 0 Å². The molecule has 0 N–H and O–H groups in total. The van der Waals surface area contributed by atoms with Gasteiger partial charge in [-0.15, -0.1) is 11.3 Å². The molecule has 0 saturated heterocycles. The maximum Gasteiger partial charge on any atom is 0.0991 e. The lowest BCUT2D eigenvalue weighted by Gasteiger charge is -2.11. The van der Waals surface area contributed by atoms with Crippen LogP contribution in [-0.4, -0.2) is 0 Å². The smallest absolute Gasteiger partial charge is 0.0991 e. The average Bonchev–Trinajstić information content (AvgIpc) is 3.55. The van der Waals surface area contributed by atoms with Crippen LogP contribution in [0.5, 0.6) is 0 Å². The molecule has 0 aliphatic heterocycles. The second kappa shape index (κ2) is 9.53. The highest BCUT2D eigenvalue weighted by Crippen LogP contribution is 2.46. The van der Waals surface area contributed by atoms with Crippen LogP contribution in [0, 0.1) is 17.2 Å². The number of nitrogens with zero attached hydrogens (tertiary/aromatic N) is 1. The first-order valence-corrected chi connectivity index (χ1v) is 14.6. The van der Waals surface area contributed by atoms with Crippen molar-refractivity contribution in [2.75, 3.05) is 0 Å². The third-order valence-corrected chi connectivity index (χ3v) is 9.58. The Balaban J connectivity index is 1.35. The Kier molecular flexibility index (Phi) is 5.84. The first-order chi connectivity index (χ1) is 19.1. The minimum atomic E-state index is 0.600. The molecular weight excluding hydrogens is 490 g/mol. The summed E-state index contributed by atoms with van der Waals surface area (Å²) in [5.41, 5.74) is 12.6. The molecule has 0 bridgehead atoms. The van der Waals surface area contributed by atoms with Gasteiger partial charge in [0.2, 0.25) is 0 Å². The van der Waals surface area contributed by atoms with E-state index in [2.05, 4.69) is 111 Å². The zero-order valence-electron chi connectivity index (χ0n) is 22.3. The van der Waals surface area contributed by atoms with Gasteiger partial charge < -0.3 is 0 Å². The minimum absolute atomic E-state index is 0.600. The Bertz CT molecular complexity index is 1930. The summed E-state index contributed by atoms with van der Waals surface area (Å²) in [7, 11) is 0. The molecule has 2 heteroatoms. The number of thiophene rings is 1. The number of benzene rings is 5. The molecule has 0 radical (unpaired) electrons. The van der Waals surface area contributed by atoms with Crippen molar-refractivity contribution in [3.05, 3.63) is 119 Å². The Hall–Kier alpha value is -4.19. The van der Waals surface area contributed by atoms with Gasteiger partial charge in [-0.05, 0) is 87.0 Å². The fourth-order valence-corrected chi connectivity index (χ4v) is 7.46. The van der Waals surface area contributed by atoms with Crippen LogP contribution in [0.4, 0.5) is 0 Å². The van der Waals surface area contributed by atoms with E-state index in [1.807, 2.05) is 17.4 Å². The van der Waals surface area contributed by atoms with Crippen LogP contribution in [0.15, 0.2) is 97.1 Å². The molecule has 0 fully saturated rings. The summed E-state index contributed by atoms with van der Waals surface area (Å²) < 4.78 is 2.63. The molecule has 1 aromatic heterocycles. The molecule has 0 saturated carbocycles. The highest BCUT2D eigenvalue weighted by Gasteiger charge is 2.22. The number of hydrogen-bond donors (Lipinski definition) is 0. The van der Waals surface area contributed by atoms with Crippen molar-refractivity contribution in [1.29, 1.82) is 5.26 Å². The molecule has 1 atom stereocenters. The Morgan fingerprint density at radius 2 is 1.54 bits per heavy atom. The van der Waals surface area contributed by atoms with Crippen molar-refractivity contribution in [3.8, 4) is 39.4 Å². The molecule has 1 heterocycles. The van der Waals surface area contributed by atoms with Crippen molar-refractivity contribution in [2.45, 2.75) is 33.1 Å². The first kappa shape index (κ1) is 23.9. The largest absolute Gasteiger partial charge is 0.192 e. The fraction of sp³-hybridized carbons (Fsp3) is 0.162. The van der Waals surface area contributed by atoms with E-state index in [0.717, 1.165) is 30.4 Å². The van der Waals surface area contributed by atoms with Crippen LogP contribution in [0.3, 0.4) is 0 Å². The third-order valence-electron chi connectivity index (χ3n) is 8.38. The van der Waals surface area contributed by atoms with E-state index >= 15 is 0 Å². The lowest BCUT2D eigenvalue weighted by molar-refractivity contribution is 0.560. The fourth-order valence-electron chi connectivity index (χ4n) is 6.19. The highest BCUT2D eigenvalue weighted by molar-refractivity contribution is 7.26. The SMILES string of the molecule is CCC(C)Cc1cc(C#N)cc(-c2ccc3c(c2)sc2c(-c4cccc5c4Cc4ccccc4-5)cccc23)c1. The first-order valence-electron chi connectivity index (χ1n) is 13.8. The minimum Gasteiger partial charge on any atom is -0.192 e. The predicted molar refractivity (Wildman–Crippen MR) is 166 cm³/mol. The van der Waals surface area contributed by atoms with Crippen molar-refractivity contribution in [2.24, 2.45) is 5.92 Å². The van der Waals surface area contributed by atoms with Gasteiger partial charge in [-0.3, -0.25) is 0 Å². The maximum absolute atomic E-state index is 9.71. The average molecular weight is 520 g/mol. The van der Waals surface area contributed by atoms with E-state index in [0.29, 0.717) is 5.92 Å². The zero-order chi connectivity index (χ0) is 26.5. The molecule has 0 amide bonds. The van der Waals surface area contributed by atoms with Crippen LogP contribution >= 0.6 is 11.3 Å². The van der Waals surface area contributed by atoms with Gasteiger partial charge in [0.1, 0.15) is 0 Å². The lowest BCUT2D eigenvalue weighted by Crippen LogP contribution is -1.98. The highest BCUT2D eigenvalue weighted by atomic mass is 32.1. The van der Waals surface area contributed by atoms with Crippen LogP contribution in [0.25, 0.3) is 53.6 Å². The quantitative estimate of drug-likeness (QED) is 0.222. The van der Waals surface area contributed by atoms with E-state index < -0.39 is 0 Å².